The third-order valence-corrected chi connectivity index (χ3v) is 3.80. The number of hydrogen-bond acceptors (Lipinski definition) is 1. The van der Waals surface area contributed by atoms with E-state index in [0.717, 1.165) is 6.54 Å². The molecule has 0 fully saturated rings. The average molecular weight is 265 g/mol. The third kappa shape index (κ3) is 2.07. The van der Waals surface area contributed by atoms with Gasteiger partial charge in [0.2, 0.25) is 0 Å². The van der Waals surface area contributed by atoms with Crippen LogP contribution >= 0.6 is 0 Å². The van der Waals surface area contributed by atoms with Crippen molar-refractivity contribution in [2.24, 2.45) is 0 Å². The van der Waals surface area contributed by atoms with Gasteiger partial charge in [0.25, 0.3) is 0 Å². The fraction of sp³-hybridized carbons (Fsp3) is 0.222. The number of aliphatic hydroxyl groups is 1. The summed E-state index contributed by atoms with van der Waals surface area (Å²) < 4.78 is 2.27. The van der Waals surface area contributed by atoms with Crippen molar-refractivity contribution in [3.63, 3.8) is 0 Å². The molecule has 3 aromatic rings. The highest BCUT2D eigenvalue weighted by Crippen LogP contribution is 2.30. The number of aryl methyl sites for hydroxylation is 3. The van der Waals surface area contributed by atoms with Crippen molar-refractivity contribution in [3.8, 4) is 0 Å². The lowest BCUT2D eigenvalue weighted by Gasteiger charge is -2.07. The van der Waals surface area contributed by atoms with Crippen molar-refractivity contribution in [2.45, 2.75) is 26.8 Å². The molecule has 0 spiro atoms. The Bertz CT molecular complexity index is 752. The van der Waals surface area contributed by atoms with Gasteiger partial charge < -0.3 is 9.67 Å². The molecule has 0 aliphatic carbocycles. The summed E-state index contributed by atoms with van der Waals surface area (Å²) in [6, 6.07) is 13.1. The van der Waals surface area contributed by atoms with E-state index >= 15 is 0 Å². The largest absolute Gasteiger partial charge is 0.513 e. The van der Waals surface area contributed by atoms with Crippen molar-refractivity contribution in [1.82, 2.24) is 4.57 Å². The standard InChI is InChI=1S/C18H19NO/c1-12-4-6-17-15(10-12)16-11-13(2)5-7-18(16)19(17)9-8-14(3)20/h4-7,10-11,20H,3,8-9H2,1-2H3. The van der Waals surface area contributed by atoms with Crippen LogP contribution in [0.15, 0.2) is 48.7 Å². The predicted octanol–water partition coefficient (Wildman–Crippen LogP) is 4.87. The fourth-order valence-corrected chi connectivity index (χ4v) is 2.81. The van der Waals surface area contributed by atoms with Gasteiger partial charge in [-0.05, 0) is 38.1 Å². The van der Waals surface area contributed by atoms with Gasteiger partial charge in [-0.3, -0.25) is 0 Å². The number of hydrogen-bond donors (Lipinski definition) is 1. The van der Waals surface area contributed by atoms with Crippen LogP contribution in [-0.4, -0.2) is 9.67 Å². The number of fused-ring (bicyclic) bond motifs is 3. The molecule has 102 valence electrons. The summed E-state index contributed by atoms with van der Waals surface area (Å²) in [5.41, 5.74) is 4.98. The molecular formula is C18H19NO. The van der Waals surface area contributed by atoms with Crippen molar-refractivity contribution >= 4 is 21.8 Å². The van der Waals surface area contributed by atoms with E-state index in [1.807, 2.05) is 0 Å². The van der Waals surface area contributed by atoms with Gasteiger partial charge in [-0.2, -0.15) is 0 Å². The predicted molar refractivity (Wildman–Crippen MR) is 85.3 cm³/mol. The molecule has 2 aromatic carbocycles. The normalized spacial score (nSPS) is 11.3. The number of aliphatic hydroxyl groups excluding tert-OH is 1. The maximum atomic E-state index is 9.38. The van der Waals surface area contributed by atoms with Crippen LogP contribution in [0.2, 0.25) is 0 Å². The van der Waals surface area contributed by atoms with Gasteiger partial charge in [-0.1, -0.05) is 29.8 Å². The van der Waals surface area contributed by atoms with Gasteiger partial charge >= 0.3 is 0 Å². The molecule has 2 nitrogen and oxygen atoms in total. The zero-order chi connectivity index (χ0) is 14.3. The highest BCUT2D eigenvalue weighted by molar-refractivity contribution is 6.08. The number of rotatable bonds is 3. The molecule has 1 heterocycles. The Kier molecular flexibility index (Phi) is 3.01. The van der Waals surface area contributed by atoms with E-state index < -0.39 is 0 Å². The summed E-state index contributed by atoms with van der Waals surface area (Å²) in [6.07, 6.45) is 0.584. The van der Waals surface area contributed by atoms with Crippen LogP contribution in [0.25, 0.3) is 21.8 Å². The molecule has 0 saturated carbocycles. The Morgan fingerprint density at radius 1 is 1.00 bits per heavy atom. The molecule has 0 atom stereocenters. The Hall–Kier alpha value is -2.22. The summed E-state index contributed by atoms with van der Waals surface area (Å²) in [4.78, 5) is 0. The highest BCUT2D eigenvalue weighted by atomic mass is 16.3. The minimum absolute atomic E-state index is 0.235. The minimum atomic E-state index is 0.235. The van der Waals surface area contributed by atoms with E-state index in [1.165, 1.54) is 32.9 Å². The summed E-state index contributed by atoms with van der Waals surface area (Å²) in [5, 5.41) is 11.9. The molecule has 0 saturated heterocycles. The molecule has 3 rings (SSSR count). The quantitative estimate of drug-likeness (QED) is 0.671. The first-order valence-electron chi connectivity index (χ1n) is 6.92. The van der Waals surface area contributed by atoms with E-state index in [9.17, 15) is 5.11 Å². The first-order valence-corrected chi connectivity index (χ1v) is 6.92. The van der Waals surface area contributed by atoms with Crippen molar-refractivity contribution in [1.29, 1.82) is 0 Å². The lowest BCUT2D eigenvalue weighted by Crippen LogP contribution is -1.98. The molecule has 20 heavy (non-hydrogen) atoms. The van der Waals surface area contributed by atoms with Gasteiger partial charge in [0.05, 0.1) is 5.76 Å². The van der Waals surface area contributed by atoms with Gasteiger partial charge in [0, 0.05) is 34.8 Å². The Labute approximate surface area is 119 Å². The summed E-state index contributed by atoms with van der Waals surface area (Å²) >= 11 is 0. The third-order valence-electron chi connectivity index (χ3n) is 3.80. The number of allylic oxidation sites excluding steroid dienone is 1. The molecule has 1 N–H and O–H groups in total. The van der Waals surface area contributed by atoms with Crippen LogP contribution in [0.5, 0.6) is 0 Å². The molecule has 0 radical (unpaired) electrons. The number of aromatic nitrogens is 1. The maximum Gasteiger partial charge on any atom is 0.0868 e. The van der Waals surface area contributed by atoms with Crippen LogP contribution in [0.4, 0.5) is 0 Å². The molecule has 0 amide bonds. The van der Waals surface area contributed by atoms with Crippen LogP contribution in [0.3, 0.4) is 0 Å². The molecule has 0 bridgehead atoms. The van der Waals surface area contributed by atoms with Gasteiger partial charge in [0.1, 0.15) is 0 Å². The molecule has 0 aliphatic heterocycles. The van der Waals surface area contributed by atoms with Crippen molar-refractivity contribution in [3.05, 3.63) is 59.9 Å². The first kappa shape index (κ1) is 12.8. The Balaban J connectivity index is 2.31. The molecule has 0 unspecified atom stereocenters. The van der Waals surface area contributed by atoms with E-state index in [2.05, 4.69) is 61.4 Å². The van der Waals surface area contributed by atoms with Gasteiger partial charge in [0.15, 0.2) is 0 Å². The fourth-order valence-electron chi connectivity index (χ4n) is 2.81. The number of nitrogens with zero attached hydrogens (tertiary/aromatic N) is 1. The Morgan fingerprint density at radius 2 is 1.50 bits per heavy atom. The zero-order valence-electron chi connectivity index (χ0n) is 12.0. The SMILES string of the molecule is C=C(O)CCn1c2ccc(C)cc2c2cc(C)ccc21. The zero-order valence-corrected chi connectivity index (χ0v) is 12.0. The summed E-state index contributed by atoms with van der Waals surface area (Å²) in [7, 11) is 0. The highest BCUT2D eigenvalue weighted by Gasteiger charge is 2.10. The number of benzene rings is 2. The topological polar surface area (TPSA) is 25.2 Å². The lowest BCUT2D eigenvalue weighted by molar-refractivity contribution is 0.383. The first-order chi connectivity index (χ1) is 9.56. The van der Waals surface area contributed by atoms with E-state index in [4.69, 9.17) is 0 Å². The summed E-state index contributed by atoms with van der Waals surface area (Å²) in [5.74, 6) is 0.235. The average Bonchev–Trinajstić information content (AvgIpc) is 2.69. The van der Waals surface area contributed by atoms with E-state index in [0.29, 0.717) is 6.42 Å². The van der Waals surface area contributed by atoms with Crippen LogP contribution in [0, 0.1) is 13.8 Å². The monoisotopic (exact) mass is 265 g/mol. The summed E-state index contributed by atoms with van der Waals surface area (Å²) in [6.45, 7) is 8.57. The van der Waals surface area contributed by atoms with Crippen LogP contribution in [-0.2, 0) is 6.54 Å². The molecule has 2 heteroatoms. The minimum Gasteiger partial charge on any atom is -0.513 e. The lowest BCUT2D eigenvalue weighted by atomic mass is 10.1. The second-order valence-electron chi connectivity index (χ2n) is 5.51. The van der Waals surface area contributed by atoms with Gasteiger partial charge in [-0.15, -0.1) is 0 Å². The van der Waals surface area contributed by atoms with Crippen molar-refractivity contribution in [2.75, 3.05) is 0 Å². The molecular weight excluding hydrogens is 246 g/mol. The molecule has 1 aromatic heterocycles. The van der Waals surface area contributed by atoms with E-state index in [-0.39, 0.29) is 5.76 Å². The van der Waals surface area contributed by atoms with Gasteiger partial charge in [-0.25, -0.2) is 0 Å². The second kappa shape index (κ2) is 4.71. The Morgan fingerprint density at radius 3 is 1.95 bits per heavy atom. The van der Waals surface area contributed by atoms with Crippen LogP contribution < -0.4 is 0 Å². The smallest absolute Gasteiger partial charge is 0.0868 e. The van der Waals surface area contributed by atoms with E-state index in [1.54, 1.807) is 0 Å². The maximum absolute atomic E-state index is 9.38. The van der Waals surface area contributed by atoms with Crippen LogP contribution in [0.1, 0.15) is 17.5 Å². The molecule has 0 aliphatic rings. The van der Waals surface area contributed by atoms with Crippen molar-refractivity contribution < 1.29 is 5.11 Å². The second-order valence-corrected chi connectivity index (χ2v) is 5.51.